The number of benzene rings is 1. The molecular weight excluding hydrogens is 306 g/mol. The first kappa shape index (κ1) is 14.7. The lowest BCUT2D eigenvalue weighted by Gasteiger charge is -2.42. The normalized spacial score (nSPS) is 16.8. The molecule has 1 aromatic rings. The second-order valence-corrected chi connectivity index (χ2v) is 5.89. The Labute approximate surface area is 123 Å². The fourth-order valence-electron chi connectivity index (χ4n) is 2.39. The topological polar surface area (TPSA) is 30.5 Å². The van der Waals surface area contributed by atoms with Crippen LogP contribution in [0.1, 0.15) is 32.6 Å². The van der Waals surface area contributed by atoms with Crippen LogP contribution in [-0.2, 0) is 0 Å². The van der Waals surface area contributed by atoms with Crippen molar-refractivity contribution in [3.05, 3.63) is 22.7 Å². The summed E-state index contributed by atoms with van der Waals surface area (Å²) in [4.78, 5) is 0. The fourth-order valence-corrected chi connectivity index (χ4v) is 2.83. The van der Waals surface area contributed by atoms with Crippen LogP contribution >= 0.6 is 15.9 Å². The third-order valence-electron chi connectivity index (χ3n) is 3.74. The summed E-state index contributed by atoms with van der Waals surface area (Å²) in [5, 5.41) is 3.38. The van der Waals surface area contributed by atoms with Crippen LogP contribution < -0.4 is 14.8 Å². The van der Waals surface area contributed by atoms with Gasteiger partial charge in [0.15, 0.2) is 0 Å². The van der Waals surface area contributed by atoms with E-state index in [1.54, 1.807) is 7.11 Å². The second kappa shape index (κ2) is 6.62. The van der Waals surface area contributed by atoms with E-state index in [0.717, 1.165) is 48.3 Å². The molecule has 1 fully saturated rings. The highest BCUT2D eigenvalue weighted by Gasteiger charge is 2.39. The Morgan fingerprint density at radius 1 is 1.37 bits per heavy atom. The number of methoxy groups -OCH3 is 1. The number of rotatable bonds is 7. The third kappa shape index (κ3) is 3.63. The summed E-state index contributed by atoms with van der Waals surface area (Å²) in [5.41, 5.74) is 0.0271. The summed E-state index contributed by atoms with van der Waals surface area (Å²) >= 11 is 3.56. The molecule has 0 heterocycles. The lowest BCUT2D eigenvalue weighted by atomic mass is 9.77. The molecule has 0 saturated heterocycles. The molecule has 1 aromatic carbocycles. The van der Waals surface area contributed by atoms with Crippen LogP contribution in [0.4, 0.5) is 0 Å². The zero-order valence-electron chi connectivity index (χ0n) is 11.7. The van der Waals surface area contributed by atoms with E-state index in [1.165, 1.54) is 6.42 Å². The molecule has 0 atom stereocenters. The van der Waals surface area contributed by atoms with Gasteiger partial charge in [0.05, 0.1) is 11.6 Å². The highest BCUT2D eigenvalue weighted by Crippen LogP contribution is 2.41. The van der Waals surface area contributed by atoms with E-state index in [4.69, 9.17) is 9.47 Å². The maximum atomic E-state index is 6.27. The number of hydrogen-bond donors (Lipinski definition) is 1. The largest absolute Gasteiger partial charge is 0.497 e. The van der Waals surface area contributed by atoms with Crippen molar-refractivity contribution in [2.24, 2.45) is 0 Å². The van der Waals surface area contributed by atoms with Gasteiger partial charge in [-0.25, -0.2) is 0 Å². The molecule has 1 saturated carbocycles. The van der Waals surface area contributed by atoms with Crippen molar-refractivity contribution in [1.82, 2.24) is 5.32 Å². The Hall–Kier alpha value is -0.740. The standard InChI is InChI=1S/C15H22BrNO2/c1-3-17-10-9-15(7-4-8-15)19-14-6-5-12(18-2)11-13(14)16/h5-6,11,17H,3-4,7-10H2,1-2H3. The summed E-state index contributed by atoms with van der Waals surface area (Å²) in [6, 6.07) is 5.87. The van der Waals surface area contributed by atoms with Crippen molar-refractivity contribution < 1.29 is 9.47 Å². The van der Waals surface area contributed by atoms with Gasteiger partial charge in [-0.15, -0.1) is 0 Å². The molecule has 19 heavy (non-hydrogen) atoms. The van der Waals surface area contributed by atoms with Gasteiger partial charge in [-0.05, 0) is 72.9 Å². The zero-order valence-corrected chi connectivity index (χ0v) is 13.3. The first-order chi connectivity index (χ1) is 9.19. The number of hydrogen-bond acceptors (Lipinski definition) is 3. The first-order valence-electron chi connectivity index (χ1n) is 6.92. The second-order valence-electron chi connectivity index (χ2n) is 5.04. The van der Waals surface area contributed by atoms with Gasteiger partial charge >= 0.3 is 0 Å². The Balaban J connectivity index is 2.01. The molecule has 1 aliphatic carbocycles. The quantitative estimate of drug-likeness (QED) is 0.773. The summed E-state index contributed by atoms with van der Waals surface area (Å²) in [6.07, 6.45) is 4.63. The van der Waals surface area contributed by atoms with E-state index in [2.05, 4.69) is 28.2 Å². The molecular formula is C15H22BrNO2. The molecule has 0 amide bonds. The molecule has 106 valence electrons. The smallest absolute Gasteiger partial charge is 0.134 e. The summed E-state index contributed by atoms with van der Waals surface area (Å²) in [7, 11) is 1.67. The van der Waals surface area contributed by atoms with Gasteiger partial charge < -0.3 is 14.8 Å². The lowest BCUT2D eigenvalue weighted by Crippen LogP contribution is -2.45. The average Bonchev–Trinajstić information content (AvgIpc) is 2.37. The molecule has 0 unspecified atom stereocenters. The minimum Gasteiger partial charge on any atom is -0.497 e. The molecule has 0 aliphatic heterocycles. The molecule has 1 N–H and O–H groups in total. The maximum Gasteiger partial charge on any atom is 0.134 e. The van der Waals surface area contributed by atoms with Gasteiger partial charge in [0.25, 0.3) is 0 Å². The van der Waals surface area contributed by atoms with Crippen molar-refractivity contribution in [3.8, 4) is 11.5 Å². The lowest BCUT2D eigenvalue weighted by molar-refractivity contribution is -0.0147. The molecule has 2 rings (SSSR count). The van der Waals surface area contributed by atoms with E-state index in [0.29, 0.717) is 0 Å². The SMILES string of the molecule is CCNCCC1(Oc2ccc(OC)cc2Br)CCC1. The number of ether oxygens (including phenoxy) is 2. The molecule has 0 spiro atoms. The van der Waals surface area contributed by atoms with Crippen LogP contribution in [0.2, 0.25) is 0 Å². The molecule has 0 aromatic heterocycles. The first-order valence-corrected chi connectivity index (χ1v) is 7.72. The van der Waals surface area contributed by atoms with Crippen molar-refractivity contribution in [3.63, 3.8) is 0 Å². The molecule has 4 heteroatoms. The van der Waals surface area contributed by atoms with E-state index >= 15 is 0 Å². The minimum atomic E-state index is 0.0271. The van der Waals surface area contributed by atoms with E-state index in [1.807, 2.05) is 18.2 Å². The average molecular weight is 328 g/mol. The van der Waals surface area contributed by atoms with Gasteiger partial charge in [-0.2, -0.15) is 0 Å². The molecule has 1 aliphatic rings. The maximum absolute atomic E-state index is 6.27. The summed E-state index contributed by atoms with van der Waals surface area (Å²) in [5.74, 6) is 1.76. The zero-order chi connectivity index (χ0) is 13.7. The summed E-state index contributed by atoms with van der Waals surface area (Å²) < 4.78 is 12.4. The van der Waals surface area contributed by atoms with Crippen LogP contribution in [0.3, 0.4) is 0 Å². The van der Waals surface area contributed by atoms with Crippen LogP contribution in [-0.4, -0.2) is 25.8 Å². The third-order valence-corrected chi connectivity index (χ3v) is 4.36. The van der Waals surface area contributed by atoms with E-state index < -0.39 is 0 Å². The van der Waals surface area contributed by atoms with Gasteiger partial charge in [0, 0.05) is 0 Å². The Morgan fingerprint density at radius 3 is 2.68 bits per heavy atom. The number of nitrogens with one attached hydrogen (secondary N) is 1. The highest BCUT2D eigenvalue weighted by atomic mass is 79.9. The van der Waals surface area contributed by atoms with Crippen molar-refractivity contribution >= 4 is 15.9 Å². The monoisotopic (exact) mass is 327 g/mol. The fraction of sp³-hybridized carbons (Fsp3) is 0.600. The molecule has 3 nitrogen and oxygen atoms in total. The van der Waals surface area contributed by atoms with Crippen LogP contribution in [0.5, 0.6) is 11.5 Å². The minimum absolute atomic E-state index is 0.0271. The van der Waals surface area contributed by atoms with Crippen molar-refractivity contribution in [2.45, 2.75) is 38.2 Å². The van der Waals surface area contributed by atoms with Gasteiger partial charge in [0.1, 0.15) is 17.1 Å². The van der Waals surface area contributed by atoms with Crippen LogP contribution in [0.15, 0.2) is 22.7 Å². The van der Waals surface area contributed by atoms with Crippen LogP contribution in [0, 0.1) is 0 Å². The van der Waals surface area contributed by atoms with Gasteiger partial charge in [-0.3, -0.25) is 0 Å². The van der Waals surface area contributed by atoms with E-state index in [9.17, 15) is 0 Å². The predicted molar refractivity (Wildman–Crippen MR) is 81.1 cm³/mol. The van der Waals surface area contributed by atoms with Crippen molar-refractivity contribution in [2.75, 3.05) is 20.2 Å². The highest BCUT2D eigenvalue weighted by molar-refractivity contribution is 9.10. The van der Waals surface area contributed by atoms with Crippen molar-refractivity contribution in [1.29, 1.82) is 0 Å². The van der Waals surface area contributed by atoms with Crippen LogP contribution in [0.25, 0.3) is 0 Å². The molecule has 0 bridgehead atoms. The van der Waals surface area contributed by atoms with E-state index in [-0.39, 0.29) is 5.60 Å². The number of halogens is 1. The molecule has 0 radical (unpaired) electrons. The predicted octanol–water partition coefficient (Wildman–Crippen LogP) is 3.76. The Bertz CT molecular complexity index is 419. The Morgan fingerprint density at radius 2 is 2.16 bits per heavy atom. The van der Waals surface area contributed by atoms with Gasteiger partial charge in [0.2, 0.25) is 0 Å². The van der Waals surface area contributed by atoms with Gasteiger partial charge in [-0.1, -0.05) is 6.92 Å². The Kier molecular flexibility index (Phi) is 5.11. The summed E-state index contributed by atoms with van der Waals surface area (Å²) in [6.45, 7) is 4.17.